The molecule has 25 heavy (non-hydrogen) atoms. The van der Waals surface area contributed by atoms with E-state index >= 15 is 0 Å². The summed E-state index contributed by atoms with van der Waals surface area (Å²) in [5.41, 5.74) is 5.32. The number of nitrogens with one attached hydrogen (secondary N) is 1. The third-order valence-corrected chi connectivity index (χ3v) is 4.25. The smallest absolute Gasteiger partial charge is 0.283 e. The third-order valence-electron chi connectivity index (χ3n) is 3.87. The molecule has 0 bridgehead atoms. The lowest BCUT2D eigenvalue weighted by Gasteiger charge is -2.08. The van der Waals surface area contributed by atoms with Gasteiger partial charge in [0.05, 0.1) is 22.6 Å². The first kappa shape index (κ1) is 17.3. The van der Waals surface area contributed by atoms with E-state index in [2.05, 4.69) is 15.5 Å². The molecule has 2 aromatic heterocycles. The fourth-order valence-corrected chi connectivity index (χ4v) is 3.00. The minimum Gasteiger partial charge on any atom is -0.364 e. The highest BCUT2D eigenvalue weighted by atomic mass is 35.5. The number of nitrogens with two attached hydrogens (primary N) is 1. The van der Waals surface area contributed by atoms with E-state index in [1.807, 2.05) is 0 Å². The predicted molar refractivity (Wildman–Crippen MR) is 84.5 cm³/mol. The van der Waals surface area contributed by atoms with Crippen LogP contribution in [-0.2, 0) is 18.4 Å². The molecule has 2 aromatic rings. The van der Waals surface area contributed by atoms with E-state index in [1.54, 1.807) is 0 Å². The van der Waals surface area contributed by atoms with Crippen molar-refractivity contribution in [1.82, 2.24) is 19.6 Å². The van der Waals surface area contributed by atoms with Crippen LogP contribution >= 0.6 is 11.6 Å². The van der Waals surface area contributed by atoms with Crippen molar-refractivity contribution in [2.75, 3.05) is 5.32 Å². The second-order valence-corrected chi connectivity index (χ2v) is 6.14. The molecule has 0 unspecified atom stereocenters. The van der Waals surface area contributed by atoms with E-state index in [0.29, 0.717) is 5.69 Å². The molecule has 0 radical (unpaired) electrons. The van der Waals surface area contributed by atoms with Gasteiger partial charge in [-0.05, 0) is 12.8 Å². The Kier molecular flexibility index (Phi) is 4.46. The van der Waals surface area contributed by atoms with Gasteiger partial charge in [-0.25, -0.2) is 8.78 Å². The van der Waals surface area contributed by atoms with Crippen LogP contribution in [0.15, 0.2) is 6.20 Å². The van der Waals surface area contributed by atoms with Gasteiger partial charge in [-0.15, -0.1) is 0 Å². The van der Waals surface area contributed by atoms with Gasteiger partial charge in [0.1, 0.15) is 17.9 Å². The standard InChI is InChI=1S/C14H15ClF2N6O2/c1-22-12(14(18)25)7(4-19-22)20-8(24)5-23-11(6-2-3-6)9(15)10(21-23)13(16)17/h4,6,13H,2-3,5H2,1H3,(H2,18,25)(H,20,24). The quantitative estimate of drug-likeness (QED) is 0.806. The summed E-state index contributed by atoms with van der Waals surface area (Å²) in [6.07, 6.45) is 0.0726. The van der Waals surface area contributed by atoms with Crippen molar-refractivity contribution in [2.24, 2.45) is 12.8 Å². The Hall–Kier alpha value is -2.49. The van der Waals surface area contributed by atoms with Gasteiger partial charge >= 0.3 is 0 Å². The molecule has 8 nitrogen and oxygen atoms in total. The topological polar surface area (TPSA) is 108 Å². The molecule has 0 spiro atoms. The summed E-state index contributed by atoms with van der Waals surface area (Å²) < 4.78 is 28.4. The van der Waals surface area contributed by atoms with Gasteiger partial charge in [-0.3, -0.25) is 19.0 Å². The molecule has 1 aliphatic rings. The van der Waals surface area contributed by atoms with E-state index in [-0.39, 0.29) is 28.9 Å². The van der Waals surface area contributed by atoms with Crippen LogP contribution in [0.4, 0.5) is 14.5 Å². The minimum absolute atomic E-state index is 0.0277. The molecule has 0 aromatic carbocycles. The van der Waals surface area contributed by atoms with Crippen molar-refractivity contribution in [3.8, 4) is 0 Å². The van der Waals surface area contributed by atoms with Crippen LogP contribution in [0.3, 0.4) is 0 Å². The Labute approximate surface area is 145 Å². The molecule has 3 rings (SSSR count). The highest BCUT2D eigenvalue weighted by Crippen LogP contribution is 2.45. The molecule has 0 atom stereocenters. The number of amides is 2. The van der Waals surface area contributed by atoms with Crippen molar-refractivity contribution in [1.29, 1.82) is 0 Å². The van der Waals surface area contributed by atoms with Crippen LogP contribution in [0.1, 0.15) is 47.1 Å². The van der Waals surface area contributed by atoms with Crippen LogP contribution in [0, 0.1) is 0 Å². The zero-order valence-corrected chi connectivity index (χ0v) is 13.9. The summed E-state index contributed by atoms with van der Waals surface area (Å²) in [6.45, 7) is -0.314. The Bertz CT molecular complexity index is 843. The fraction of sp³-hybridized carbons (Fsp3) is 0.429. The summed E-state index contributed by atoms with van der Waals surface area (Å²) in [5.74, 6) is -1.28. The SMILES string of the molecule is Cn1ncc(NC(=O)Cn2nc(C(F)F)c(Cl)c2C2CC2)c1C(N)=O. The molecule has 1 fully saturated rings. The summed E-state index contributed by atoms with van der Waals surface area (Å²) in [6, 6.07) is 0. The van der Waals surface area contributed by atoms with Gasteiger partial charge in [0.25, 0.3) is 12.3 Å². The number of carbonyl (C=O) groups excluding carboxylic acids is 2. The van der Waals surface area contributed by atoms with Crippen molar-refractivity contribution >= 4 is 29.1 Å². The first-order valence-corrected chi connectivity index (χ1v) is 7.83. The molecule has 1 aliphatic carbocycles. The highest BCUT2D eigenvalue weighted by molar-refractivity contribution is 6.32. The molecular formula is C14H15ClF2N6O2. The summed E-state index contributed by atoms with van der Waals surface area (Å²) in [4.78, 5) is 23.7. The number of rotatable bonds is 6. The number of aromatic nitrogens is 4. The van der Waals surface area contributed by atoms with Gasteiger partial charge in [0, 0.05) is 13.0 Å². The number of anilines is 1. The van der Waals surface area contributed by atoms with Crippen LogP contribution in [-0.4, -0.2) is 31.4 Å². The Morgan fingerprint density at radius 3 is 2.72 bits per heavy atom. The Morgan fingerprint density at radius 1 is 1.48 bits per heavy atom. The fourth-order valence-electron chi connectivity index (χ4n) is 2.63. The summed E-state index contributed by atoms with van der Waals surface area (Å²) in [5, 5.41) is 10.0. The van der Waals surface area contributed by atoms with Crippen LogP contribution in [0.5, 0.6) is 0 Å². The van der Waals surface area contributed by atoms with Crippen molar-refractivity contribution < 1.29 is 18.4 Å². The van der Waals surface area contributed by atoms with Gasteiger partial charge in [0.2, 0.25) is 5.91 Å². The molecule has 2 heterocycles. The summed E-state index contributed by atoms with van der Waals surface area (Å²) in [7, 11) is 1.50. The van der Waals surface area contributed by atoms with E-state index in [0.717, 1.165) is 12.8 Å². The molecule has 3 N–H and O–H groups in total. The van der Waals surface area contributed by atoms with E-state index in [1.165, 1.54) is 22.6 Å². The maximum atomic E-state index is 13.0. The molecule has 0 aliphatic heterocycles. The number of aryl methyl sites for hydroxylation is 1. The number of alkyl halides is 2. The van der Waals surface area contributed by atoms with E-state index in [9.17, 15) is 18.4 Å². The highest BCUT2D eigenvalue weighted by Gasteiger charge is 2.34. The largest absolute Gasteiger partial charge is 0.364 e. The van der Waals surface area contributed by atoms with Gasteiger partial charge in [-0.2, -0.15) is 10.2 Å². The van der Waals surface area contributed by atoms with Gasteiger partial charge in [-0.1, -0.05) is 11.6 Å². The first-order valence-electron chi connectivity index (χ1n) is 7.45. The number of hydrogen-bond acceptors (Lipinski definition) is 4. The number of primary amides is 1. The molecule has 1 saturated carbocycles. The van der Waals surface area contributed by atoms with Crippen LogP contribution in [0.25, 0.3) is 0 Å². The molecule has 0 saturated heterocycles. The Morgan fingerprint density at radius 2 is 2.16 bits per heavy atom. The minimum atomic E-state index is -2.82. The number of halogens is 3. The van der Waals surface area contributed by atoms with Crippen molar-refractivity contribution in [3.05, 3.63) is 28.3 Å². The number of hydrogen-bond donors (Lipinski definition) is 2. The summed E-state index contributed by atoms with van der Waals surface area (Å²) >= 11 is 6.00. The lowest BCUT2D eigenvalue weighted by Crippen LogP contribution is -2.23. The van der Waals surface area contributed by atoms with Gasteiger partial charge in [0.15, 0.2) is 0 Å². The number of carbonyl (C=O) groups is 2. The van der Waals surface area contributed by atoms with E-state index < -0.39 is 23.9 Å². The predicted octanol–water partition coefficient (Wildman–Crippen LogP) is 1.82. The van der Waals surface area contributed by atoms with Crippen LogP contribution < -0.4 is 11.1 Å². The average Bonchev–Trinajstić information content (AvgIpc) is 3.20. The lowest BCUT2D eigenvalue weighted by molar-refractivity contribution is -0.117. The lowest BCUT2D eigenvalue weighted by atomic mass is 10.2. The zero-order valence-electron chi connectivity index (χ0n) is 13.2. The zero-order chi connectivity index (χ0) is 18.3. The van der Waals surface area contributed by atoms with Gasteiger partial charge < -0.3 is 11.1 Å². The average molecular weight is 373 g/mol. The second-order valence-electron chi connectivity index (χ2n) is 5.76. The van der Waals surface area contributed by atoms with Crippen molar-refractivity contribution in [2.45, 2.75) is 31.7 Å². The first-order chi connectivity index (χ1) is 11.8. The second kappa shape index (κ2) is 6.43. The van der Waals surface area contributed by atoms with Crippen molar-refractivity contribution in [3.63, 3.8) is 0 Å². The maximum Gasteiger partial charge on any atom is 0.283 e. The molecule has 11 heteroatoms. The molecule has 134 valence electrons. The third kappa shape index (κ3) is 3.34. The molecular weight excluding hydrogens is 358 g/mol. The van der Waals surface area contributed by atoms with Crippen LogP contribution in [0.2, 0.25) is 5.02 Å². The maximum absolute atomic E-state index is 13.0. The molecule has 2 amide bonds. The van der Waals surface area contributed by atoms with E-state index in [4.69, 9.17) is 17.3 Å². The monoisotopic (exact) mass is 372 g/mol. The number of nitrogens with zero attached hydrogens (tertiary/aromatic N) is 4. The normalized spacial score (nSPS) is 14.1. The Balaban J connectivity index is 1.82.